The van der Waals surface area contributed by atoms with Crippen molar-refractivity contribution in [2.45, 2.75) is 12.8 Å². The molecule has 33 heavy (non-hydrogen) atoms. The Balaban J connectivity index is 1.43. The number of fused-ring (bicyclic) bond motifs is 2. The number of amides is 1. The van der Waals surface area contributed by atoms with Crippen LogP contribution in [0.3, 0.4) is 0 Å². The van der Waals surface area contributed by atoms with E-state index in [0.29, 0.717) is 47.4 Å². The number of nitrogens with one attached hydrogen (secondary N) is 2. The lowest BCUT2D eigenvalue weighted by Gasteiger charge is -2.35. The Labute approximate surface area is 191 Å². The minimum Gasteiger partial charge on any atom is -0.383 e. The molecule has 0 aromatic carbocycles. The summed E-state index contributed by atoms with van der Waals surface area (Å²) in [5, 5.41) is 2.97. The van der Waals surface area contributed by atoms with Gasteiger partial charge in [-0.1, -0.05) is 0 Å². The van der Waals surface area contributed by atoms with E-state index in [1.807, 2.05) is 6.07 Å². The molecule has 0 spiro atoms. The summed E-state index contributed by atoms with van der Waals surface area (Å²) in [6.07, 6.45) is 3.84. The molecule has 3 aromatic heterocycles. The highest BCUT2D eigenvalue weighted by Gasteiger charge is 2.27. The SMILES string of the molecule is COCCN1CCC(CN2CCNC(=O)c3ccc(-n4c(=O)[nH]c5ncccc54)nc32)CC1. The van der Waals surface area contributed by atoms with Gasteiger partial charge in [-0.2, -0.15) is 0 Å². The molecule has 1 saturated heterocycles. The monoisotopic (exact) mass is 451 g/mol. The zero-order valence-corrected chi connectivity index (χ0v) is 18.8. The van der Waals surface area contributed by atoms with Crippen molar-refractivity contribution in [2.75, 3.05) is 57.9 Å². The van der Waals surface area contributed by atoms with Crippen LogP contribution in [0, 0.1) is 5.92 Å². The summed E-state index contributed by atoms with van der Waals surface area (Å²) < 4.78 is 6.72. The van der Waals surface area contributed by atoms with E-state index in [1.165, 1.54) is 4.57 Å². The van der Waals surface area contributed by atoms with Crippen LogP contribution in [0.5, 0.6) is 0 Å². The first-order chi connectivity index (χ1) is 16.1. The highest BCUT2D eigenvalue weighted by atomic mass is 16.5. The standard InChI is InChI=1S/C23H29N7O3/c1-33-14-13-28-10-6-16(7-11-28)15-29-12-9-25-22(31)17-4-5-19(26-21(17)29)30-18-3-2-8-24-20(18)27-23(30)32/h2-5,8,16H,6-7,9-15H2,1H3,(H,25,31)(H,24,27,32). The summed E-state index contributed by atoms with van der Waals surface area (Å²) in [6.45, 7) is 5.91. The predicted octanol–water partition coefficient (Wildman–Crippen LogP) is 1.02. The second-order valence-corrected chi connectivity index (χ2v) is 8.66. The molecule has 0 unspecified atom stereocenters. The average molecular weight is 452 g/mol. The first kappa shape index (κ1) is 21.6. The highest BCUT2D eigenvalue weighted by Crippen LogP contribution is 2.26. The number of piperidine rings is 1. The average Bonchev–Trinajstić information content (AvgIpc) is 3.09. The number of ether oxygens (including phenoxy) is 1. The maximum Gasteiger partial charge on any atom is 0.333 e. The number of aromatic nitrogens is 4. The Morgan fingerprint density at radius 1 is 1.15 bits per heavy atom. The maximum absolute atomic E-state index is 12.7. The zero-order chi connectivity index (χ0) is 22.8. The first-order valence-electron chi connectivity index (χ1n) is 11.5. The first-order valence-corrected chi connectivity index (χ1v) is 11.5. The molecule has 0 bridgehead atoms. The van der Waals surface area contributed by atoms with Crippen LogP contribution >= 0.6 is 0 Å². The number of carbonyl (C=O) groups excluding carboxylic acids is 1. The van der Waals surface area contributed by atoms with Gasteiger partial charge in [0.1, 0.15) is 11.6 Å². The second kappa shape index (κ2) is 9.32. The van der Waals surface area contributed by atoms with Gasteiger partial charge in [0.25, 0.3) is 5.91 Å². The van der Waals surface area contributed by atoms with Crippen LogP contribution in [0.15, 0.2) is 35.3 Å². The third kappa shape index (κ3) is 4.36. The van der Waals surface area contributed by atoms with Crippen molar-refractivity contribution < 1.29 is 9.53 Å². The normalized spacial score (nSPS) is 17.7. The molecule has 2 N–H and O–H groups in total. The molecule has 0 aliphatic carbocycles. The number of pyridine rings is 2. The Kier molecular flexibility index (Phi) is 6.10. The lowest BCUT2D eigenvalue weighted by Crippen LogP contribution is -2.41. The summed E-state index contributed by atoms with van der Waals surface area (Å²) in [7, 11) is 1.74. The van der Waals surface area contributed by atoms with Crippen molar-refractivity contribution in [2.24, 2.45) is 5.92 Å². The van der Waals surface area contributed by atoms with E-state index in [9.17, 15) is 9.59 Å². The van der Waals surface area contributed by atoms with Crippen LogP contribution in [0.1, 0.15) is 23.2 Å². The molecule has 1 fully saturated rings. The Bertz CT molecular complexity index is 1200. The number of likely N-dealkylation sites (tertiary alicyclic amines) is 1. The van der Waals surface area contributed by atoms with Gasteiger partial charge in [0, 0.05) is 39.5 Å². The topological polar surface area (TPSA) is 108 Å². The Morgan fingerprint density at radius 2 is 2.00 bits per heavy atom. The summed E-state index contributed by atoms with van der Waals surface area (Å²) >= 11 is 0. The van der Waals surface area contributed by atoms with Gasteiger partial charge < -0.3 is 19.9 Å². The van der Waals surface area contributed by atoms with Gasteiger partial charge in [0.2, 0.25) is 0 Å². The Hall–Kier alpha value is -3.24. The van der Waals surface area contributed by atoms with Gasteiger partial charge in [0.15, 0.2) is 5.65 Å². The molecular weight excluding hydrogens is 422 g/mol. The smallest absolute Gasteiger partial charge is 0.333 e. The van der Waals surface area contributed by atoms with Crippen LogP contribution < -0.4 is 15.9 Å². The van der Waals surface area contributed by atoms with Gasteiger partial charge in [-0.05, 0) is 56.1 Å². The number of nitrogens with zero attached hydrogens (tertiary/aromatic N) is 5. The van der Waals surface area contributed by atoms with Crippen LogP contribution in [0.2, 0.25) is 0 Å². The van der Waals surface area contributed by atoms with E-state index in [4.69, 9.17) is 9.72 Å². The zero-order valence-electron chi connectivity index (χ0n) is 18.8. The molecule has 2 aliphatic heterocycles. The van der Waals surface area contributed by atoms with E-state index in [1.54, 1.807) is 31.5 Å². The van der Waals surface area contributed by atoms with E-state index in [0.717, 1.165) is 45.6 Å². The number of aromatic amines is 1. The molecular formula is C23H29N7O3. The number of carbonyl (C=O) groups is 1. The number of hydrogen-bond acceptors (Lipinski definition) is 7. The largest absolute Gasteiger partial charge is 0.383 e. The molecule has 2 aliphatic rings. The van der Waals surface area contributed by atoms with Crippen LogP contribution in [-0.4, -0.2) is 83.3 Å². The van der Waals surface area contributed by atoms with E-state index >= 15 is 0 Å². The molecule has 174 valence electrons. The number of methoxy groups -OCH3 is 1. The van der Waals surface area contributed by atoms with E-state index in [-0.39, 0.29) is 11.6 Å². The molecule has 3 aromatic rings. The molecule has 0 atom stereocenters. The van der Waals surface area contributed by atoms with Crippen LogP contribution in [-0.2, 0) is 4.74 Å². The quantitative estimate of drug-likeness (QED) is 0.576. The summed E-state index contributed by atoms with van der Waals surface area (Å²) in [5.74, 6) is 1.51. The highest BCUT2D eigenvalue weighted by molar-refractivity contribution is 5.99. The number of imidazole rings is 1. The van der Waals surface area contributed by atoms with Gasteiger partial charge in [-0.25, -0.2) is 19.3 Å². The van der Waals surface area contributed by atoms with E-state index < -0.39 is 0 Å². The van der Waals surface area contributed by atoms with Crippen LogP contribution in [0.4, 0.5) is 5.82 Å². The summed E-state index contributed by atoms with van der Waals surface area (Å²) in [6, 6.07) is 7.10. The van der Waals surface area contributed by atoms with Crippen molar-refractivity contribution in [3.8, 4) is 5.82 Å². The van der Waals surface area contributed by atoms with Crippen molar-refractivity contribution in [1.82, 2.24) is 29.7 Å². The van der Waals surface area contributed by atoms with Crippen molar-refractivity contribution in [3.05, 3.63) is 46.5 Å². The van der Waals surface area contributed by atoms with Gasteiger partial charge in [-0.3, -0.25) is 9.78 Å². The van der Waals surface area contributed by atoms with Crippen molar-refractivity contribution >= 4 is 22.9 Å². The minimum atomic E-state index is -0.302. The fourth-order valence-corrected chi connectivity index (χ4v) is 4.76. The van der Waals surface area contributed by atoms with Gasteiger partial charge >= 0.3 is 5.69 Å². The minimum absolute atomic E-state index is 0.131. The third-order valence-corrected chi connectivity index (χ3v) is 6.55. The molecule has 10 nitrogen and oxygen atoms in total. The van der Waals surface area contributed by atoms with Crippen LogP contribution in [0.25, 0.3) is 17.0 Å². The molecule has 0 saturated carbocycles. The molecule has 5 rings (SSSR count). The molecule has 0 radical (unpaired) electrons. The van der Waals surface area contributed by atoms with Crippen molar-refractivity contribution in [3.63, 3.8) is 0 Å². The number of hydrogen-bond donors (Lipinski definition) is 2. The fourth-order valence-electron chi connectivity index (χ4n) is 4.76. The third-order valence-electron chi connectivity index (χ3n) is 6.55. The molecule has 10 heteroatoms. The molecule has 5 heterocycles. The number of anilines is 1. The number of H-pyrrole nitrogens is 1. The summed E-state index contributed by atoms with van der Waals surface area (Å²) in [5.41, 5.74) is 1.40. The summed E-state index contributed by atoms with van der Waals surface area (Å²) in [4.78, 5) is 41.8. The lowest BCUT2D eigenvalue weighted by atomic mass is 9.96. The predicted molar refractivity (Wildman–Crippen MR) is 125 cm³/mol. The van der Waals surface area contributed by atoms with Crippen molar-refractivity contribution in [1.29, 1.82) is 0 Å². The van der Waals surface area contributed by atoms with Gasteiger partial charge in [-0.15, -0.1) is 0 Å². The lowest BCUT2D eigenvalue weighted by molar-refractivity contribution is 0.0957. The van der Waals surface area contributed by atoms with Gasteiger partial charge in [0.05, 0.1) is 17.7 Å². The fraction of sp³-hybridized carbons (Fsp3) is 0.478. The van der Waals surface area contributed by atoms with E-state index in [2.05, 4.69) is 25.1 Å². The maximum atomic E-state index is 12.7. The Morgan fingerprint density at radius 3 is 2.82 bits per heavy atom. The second-order valence-electron chi connectivity index (χ2n) is 8.66. The molecule has 1 amide bonds. The number of rotatable bonds is 6.